The summed E-state index contributed by atoms with van der Waals surface area (Å²) in [6.07, 6.45) is 0.818. The average molecular weight is 396 g/mol. The number of nitrogens with one attached hydrogen (secondary N) is 2. The number of nitrogens with zero attached hydrogens (tertiary/aromatic N) is 2. The van der Waals surface area contributed by atoms with Gasteiger partial charge in [-0.15, -0.1) is 0 Å². The predicted molar refractivity (Wildman–Crippen MR) is 113 cm³/mol. The summed E-state index contributed by atoms with van der Waals surface area (Å²) in [6, 6.07) is 15.8. The number of fused-ring (bicyclic) bond motifs is 1. The van der Waals surface area contributed by atoms with Crippen molar-refractivity contribution in [3.8, 4) is 11.5 Å². The normalized spacial score (nSPS) is 15.7. The molecule has 29 heavy (non-hydrogen) atoms. The monoisotopic (exact) mass is 396 g/mol. The van der Waals surface area contributed by atoms with E-state index in [1.807, 2.05) is 42.5 Å². The van der Waals surface area contributed by atoms with Gasteiger partial charge in [-0.05, 0) is 23.8 Å². The van der Waals surface area contributed by atoms with E-state index < -0.39 is 0 Å². The third-order valence-electron chi connectivity index (χ3n) is 4.73. The highest BCUT2D eigenvalue weighted by molar-refractivity contribution is 5.86. The number of ether oxygens (including phenoxy) is 2. The average Bonchev–Trinajstić information content (AvgIpc) is 2.75. The lowest BCUT2D eigenvalue weighted by molar-refractivity contribution is -0.127. The first-order valence-electron chi connectivity index (χ1n) is 9.66. The number of amides is 1. The molecule has 0 fully saturated rings. The third kappa shape index (κ3) is 5.63. The molecule has 0 saturated carbocycles. The molecule has 3 rings (SSSR count). The van der Waals surface area contributed by atoms with Crippen molar-refractivity contribution in [1.82, 2.24) is 15.5 Å². The van der Waals surface area contributed by atoms with Gasteiger partial charge in [-0.3, -0.25) is 4.79 Å². The summed E-state index contributed by atoms with van der Waals surface area (Å²) < 4.78 is 11.0. The Hall–Kier alpha value is -3.22. The molecule has 154 valence electrons. The number of rotatable bonds is 6. The topological polar surface area (TPSA) is 75.2 Å². The van der Waals surface area contributed by atoms with Crippen LogP contribution in [0.5, 0.6) is 11.5 Å². The molecule has 1 unspecified atom stereocenters. The zero-order chi connectivity index (χ0) is 20.6. The Labute approximate surface area is 171 Å². The van der Waals surface area contributed by atoms with Crippen molar-refractivity contribution >= 4 is 11.9 Å². The van der Waals surface area contributed by atoms with Crippen LogP contribution in [-0.4, -0.2) is 51.1 Å². The van der Waals surface area contributed by atoms with E-state index >= 15 is 0 Å². The van der Waals surface area contributed by atoms with Crippen LogP contribution in [0.15, 0.2) is 53.5 Å². The first-order valence-corrected chi connectivity index (χ1v) is 9.66. The minimum absolute atomic E-state index is 0.0201. The van der Waals surface area contributed by atoms with Gasteiger partial charge in [0.05, 0.1) is 32.8 Å². The largest absolute Gasteiger partial charge is 0.497 e. The molecule has 0 aliphatic carbocycles. The van der Waals surface area contributed by atoms with Crippen molar-refractivity contribution in [3.05, 3.63) is 59.7 Å². The Bertz CT molecular complexity index is 867. The summed E-state index contributed by atoms with van der Waals surface area (Å²) in [5, 5.41) is 6.62. The van der Waals surface area contributed by atoms with Crippen LogP contribution in [0, 0.1) is 0 Å². The molecule has 2 aromatic carbocycles. The van der Waals surface area contributed by atoms with Crippen molar-refractivity contribution in [2.75, 3.05) is 34.4 Å². The molecule has 7 nitrogen and oxygen atoms in total. The van der Waals surface area contributed by atoms with Gasteiger partial charge in [-0.2, -0.15) is 0 Å². The van der Waals surface area contributed by atoms with Crippen molar-refractivity contribution < 1.29 is 14.3 Å². The van der Waals surface area contributed by atoms with Gasteiger partial charge < -0.3 is 25.0 Å². The molecule has 0 aromatic heterocycles. The lowest BCUT2D eigenvalue weighted by atomic mass is 10.0. The van der Waals surface area contributed by atoms with E-state index in [-0.39, 0.29) is 18.5 Å². The van der Waals surface area contributed by atoms with Crippen LogP contribution in [0.4, 0.5) is 0 Å². The first-order chi connectivity index (χ1) is 14.1. The second kappa shape index (κ2) is 9.82. The molecular formula is C22H28N4O3. The van der Waals surface area contributed by atoms with Crippen LogP contribution in [0.1, 0.15) is 23.6 Å². The van der Waals surface area contributed by atoms with Crippen molar-refractivity contribution in [2.24, 2.45) is 4.99 Å². The highest BCUT2D eigenvalue weighted by Gasteiger charge is 2.22. The summed E-state index contributed by atoms with van der Waals surface area (Å²) in [7, 11) is 5.12. The van der Waals surface area contributed by atoms with Crippen LogP contribution >= 0.6 is 0 Å². The van der Waals surface area contributed by atoms with E-state index in [9.17, 15) is 4.79 Å². The summed E-state index contributed by atoms with van der Waals surface area (Å²) >= 11 is 0. The zero-order valence-corrected chi connectivity index (χ0v) is 17.1. The zero-order valence-electron chi connectivity index (χ0n) is 17.1. The van der Waals surface area contributed by atoms with E-state index in [4.69, 9.17) is 14.5 Å². The molecule has 1 amide bonds. The van der Waals surface area contributed by atoms with Gasteiger partial charge in [0.1, 0.15) is 11.5 Å². The quantitative estimate of drug-likeness (QED) is 0.579. The molecule has 1 heterocycles. The second-order valence-electron chi connectivity index (χ2n) is 7.03. The van der Waals surface area contributed by atoms with Gasteiger partial charge in [-0.25, -0.2) is 4.99 Å². The molecule has 2 aromatic rings. The first kappa shape index (κ1) is 20.5. The maximum Gasteiger partial charge on any atom is 0.241 e. The fourth-order valence-corrected chi connectivity index (χ4v) is 3.07. The Kier molecular flexibility index (Phi) is 6.94. The highest BCUT2D eigenvalue weighted by atomic mass is 16.5. The van der Waals surface area contributed by atoms with Crippen LogP contribution in [0.3, 0.4) is 0 Å². The van der Waals surface area contributed by atoms with Crippen LogP contribution in [0.2, 0.25) is 0 Å². The summed E-state index contributed by atoms with van der Waals surface area (Å²) in [6.45, 7) is 1.27. The lowest BCUT2D eigenvalue weighted by Crippen LogP contribution is -2.45. The molecule has 1 atom stereocenters. The Morgan fingerprint density at radius 2 is 2.07 bits per heavy atom. The van der Waals surface area contributed by atoms with Gasteiger partial charge in [0, 0.05) is 26.1 Å². The molecular weight excluding hydrogens is 368 g/mol. The van der Waals surface area contributed by atoms with Crippen molar-refractivity contribution in [2.45, 2.75) is 19.0 Å². The second-order valence-corrected chi connectivity index (χ2v) is 7.03. The fourth-order valence-electron chi connectivity index (χ4n) is 3.07. The Balaban J connectivity index is 1.76. The highest BCUT2D eigenvalue weighted by Crippen LogP contribution is 2.31. The SMILES string of the molecule is COc1cccc(CN=C(NCC(=O)N(C)C)NC2CCOc3ccccc32)c1. The lowest BCUT2D eigenvalue weighted by Gasteiger charge is -2.28. The van der Waals surface area contributed by atoms with E-state index in [1.165, 1.54) is 0 Å². The number of carbonyl (C=O) groups excluding carboxylic acids is 1. The summed E-state index contributed by atoms with van der Waals surface area (Å²) in [5.41, 5.74) is 2.12. The molecule has 0 saturated heterocycles. The molecule has 0 spiro atoms. The number of benzene rings is 2. The number of hydrogen-bond acceptors (Lipinski definition) is 4. The number of hydrogen-bond donors (Lipinski definition) is 2. The molecule has 1 aliphatic heterocycles. The number of para-hydroxylation sites is 1. The van der Waals surface area contributed by atoms with Gasteiger partial charge >= 0.3 is 0 Å². The molecule has 7 heteroatoms. The minimum Gasteiger partial charge on any atom is -0.497 e. The molecule has 1 aliphatic rings. The third-order valence-corrected chi connectivity index (χ3v) is 4.73. The van der Waals surface area contributed by atoms with E-state index in [1.54, 1.807) is 26.1 Å². The van der Waals surface area contributed by atoms with E-state index in [0.717, 1.165) is 29.0 Å². The van der Waals surface area contributed by atoms with E-state index in [0.29, 0.717) is 19.1 Å². The van der Waals surface area contributed by atoms with Crippen LogP contribution in [-0.2, 0) is 11.3 Å². The molecule has 2 N–H and O–H groups in total. The van der Waals surface area contributed by atoms with Gasteiger partial charge in [0.25, 0.3) is 0 Å². The number of guanidine groups is 1. The number of carbonyl (C=O) groups is 1. The predicted octanol–water partition coefficient (Wildman–Crippen LogP) is 2.34. The van der Waals surface area contributed by atoms with Crippen LogP contribution in [0.25, 0.3) is 0 Å². The van der Waals surface area contributed by atoms with Gasteiger partial charge in [0.15, 0.2) is 5.96 Å². The maximum atomic E-state index is 12.0. The van der Waals surface area contributed by atoms with Crippen molar-refractivity contribution in [1.29, 1.82) is 0 Å². The number of likely N-dealkylation sites (N-methyl/N-ethyl adjacent to an activating group) is 1. The Morgan fingerprint density at radius 1 is 1.24 bits per heavy atom. The van der Waals surface area contributed by atoms with E-state index in [2.05, 4.69) is 16.7 Å². The maximum absolute atomic E-state index is 12.0. The molecule has 0 radical (unpaired) electrons. The molecule has 0 bridgehead atoms. The standard InChI is InChI=1S/C22H28N4O3/c1-26(2)21(27)15-24-22(23-14-16-7-6-8-17(13-16)28-3)25-19-11-12-29-20-10-5-4-9-18(19)20/h4-10,13,19H,11-12,14-15H2,1-3H3,(H2,23,24,25). The van der Waals surface area contributed by atoms with Crippen molar-refractivity contribution in [3.63, 3.8) is 0 Å². The van der Waals surface area contributed by atoms with Crippen LogP contribution < -0.4 is 20.1 Å². The number of methoxy groups -OCH3 is 1. The summed E-state index contributed by atoms with van der Waals surface area (Å²) in [4.78, 5) is 18.3. The minimum atomic E-state index is -0.0201. The smallest absolute Gasteiger partial charge is 0.241 e. The fraction of sp³-hybridized carbons (Fsp3) is 0.364. The van der Waals surface area contributed by atoms with Gasteiger partial charge in [0.2, 0.25) is 5.91 Å². The number of aliphatic imine (C=N–C) groups is 1. The summed E-state index contributed by atoms with van der Waals surface area (Å²) in [5.74, 6) is 2.24. The Morgan fingerprint density at radius 3 is 2.86 bits per heavy atom. The van der Waals surface area contributed by atoms with Gasteiger partial charge in [-0.1, -0.05) is 30.3 Å².